The average molecular weight is 302 g/mol. The summed E-state index contributed by atoms with van der Waals surface area (Å²) < 4.78 is 12.9. The van der Waals surface area contributed by atoms with E-state index in [2.05, 4.69) is 4.09 Å². The second kappa shape index (κ2) is 6.31. The van der Waals surface area contributed by atoms with Gasteiger partial charge in [-0.2, -0.15) is 0 Å². The quantitative estimate of drug-likeness (QED) is 0.468. The Balaban J connectivity index is 2.09. The van der Waals surface area contributed by atoms with E-state index in [1.807, 2.05) is 11.6 Å². The van der Waals surface area contributed by atoms with E-state index in [0.717, 1.165) is 6.42 Å². The Bertz CT molecular complexity index is 390. The summed E-state index contributed by atoms with van der Waals surface area (Å²) in [5.74, 6) is -0.164. The topological polar surface area (TPSA) is 43.1 Å². The van der Waals surface area contributed by atoms with Gasteiger partial charge in [-0.05, 0) is 0 Å². The van der Waals surface area contributed by atoms with Crippen molar-refractivity contribution in [3.8, 4) is 0 Å². The van der Waals surface area contributed by atoms with E-state index in [0.29, 0.717) is 13.2 Å². The van der Waals surface area contributed by atoms with Crippen molar-refractivity contribution in [2.75, 3.05) is 6.61 Å². The Kier molecular flexibility index (Phi) is 4.75. The molecule has 0 aromatic carbocycles. The van der Waals surface area contributed by atoms with E-state index in [4.69, 9.17) is 4.74 Å². The number of esters is 1. The van der Waals surface area contributed by atoms with Gasteiger partial charge < -0.3 is 0 Å². The van der Waals surface area contributed by atoms with Crippen molar-refractivity contribution in [3.05, 3.63) is 10.1 Å². The van der Waals surface area contributed by atoms with Gasteiger partial charge in [-0.15, -0.1) is 0 Å². The van der Waals surface area contributed by atoms with Crippen LogP contribution in [0.5, 0.6) is 0 Å². The number of carbonyl (C=O) groups excluding carboxylic acids is 1. The van der Waals surface area contributed by atoms with Gasteiger partial charge >= 0.3 is 108 Å². The summed E-state index contributed by atoms with van der Waals surface area (Å²) in [6.45, 7) is 2.58. The first-order valence-corrected chi connectivity index (χ1v) is 7.96. The molecule has 2 rings (SSSR count). The van der Waals surface area contributed by atoms with Crippen LogP contribution in [0.4, 0.5) is 0 Å². The second-order valence-corrected chi connectivity index (χ2v) is 6.08. The molecular formula is C12H19N2O2Se+. The number of hydrogen-bond acceptors (Lipinski definition) is 3. The van der Waals surface area contributed by atoms with Crippen molar-refractivity contribution in [3.63, 3.8) is 0 Å². The van der Waals surface area contributed by atoms with Gasteiger partial charge in [0.1, 0.15) is 0 Å². The fourth-order valence-corrected chi connectivity index (χ4v) is 4.08. The van der Waals surface area contributed by atoms with Gasteiger partial charge in [0, 0.05) is 0 Å². The average Bonchev–Trinajstić information content (AvgIpc) is 2.60. The zero-order chi connectivity index (χ0) is 12.1. The van der Waals surface area contributed by atoms with Crippen molar-refractivity contribution in [2.24, 2.45) is 0 Å². The molecule has 0 unspecified atom stereocenters. The fraction of sp³-hybridized carbons (Fsp3) is 0.750. The van der Waals surface area contributed by atoms with Gasteiger partial charge in [-0.3, -0.25) is 0 Å². The summed E-state index contributed by atoms with van der Waals surface area (Å²) in [6, 6.07) is 0. The van der Waals surface area contributed by atoms with Crippen LogP contribution in [0.3, 0.4) is 0 Å². The molecule has 0 amide bonds. The van der Waals surface area contributed by atoms with Gasteiger partial charge in [0.05, 0.1) is 0 Å². The zero-order valence-corrected chi connectivity index (χ0v) is 12.0. The minimum atomic E-state index is -0.164. The fourth-order valence-electron chi connectivity index (χ4n) is 2.19. The predicted molar refractivity (Wildman–Crippen MR) is 63.9 cm³/mol. The van der Waals surface area contributed by atoms with Gasteiger partial charge in [0.25, 0.3) is 0 Å². The van der Waals surface area contributed by atoms with Gasteiger partial charge in [0.2, 0.25) is 0 Å². The number of ether oxygens (including phenoxy) is 1. The van der Waals surface area contributed by atoms with Crippen LogP contribution in [-0.4, -0.2) is 31.4 Å². The van der Waals surface area contributed by atoms with Gasteiger partial charge in [-0.25, -0.2) is 0 Å². The minimum absolute atomic E-state index is 0.164. The first-order valence-electron chi connectivity index (χ1n) is 6.34. The Morgan fingerprint density at radius 1 is 1.35 bits per heavy atom. The maximum absolute atomic E-state index is 11.5. The molecule has 0 N–H and O–H groups in total. The van der Waals surface area contributed by atoms with E-state index < -0.39 is 0 Å². The van der Waals surface area contributed by atoms with E-state index in [-0.39, 0.29) is 20.7 Å². The van der Waals surface area contributed by atoms with Crippen LogP contribution in [0, 0.1) is 0 Å². The molecule has 0 fully saturated rings. The standard InChI is InChI=1S/C12H19N2O2Se/c1-2-16-12(15)9-14-10-7-5-3-4-6-8-11(10)17-13-14/h2-9H2,1H3/q+1. The molecule has 1 heterocycles. The SMILES string of the molecule is CCOC(=O)C[n+]1n[se]c2c1CCCCCC2. The van der Waals surface area contributed by atoms with Crippen LogP contribution in [0.15, 0.2) is 0 Å². The molecule has 4 nitrogen and oxygen atoms in total. The molecule has 0 aliphatic heterocycles. The number of nitrogens with zero attached hydrogens (tertiary/aromatic N) is 2. The second-order valence-electron chi connectivity index (χ2n) is 4.32. The van der Waals surface area contributed by atoms with Crippen LogP contribution in [0.25, 0.3) is 0 Å². The van der Waals surface area contributed by atoms with Gasteiger partial charge in [-0.1, -0.05) is 0 Å². The van der Waals surface area contributed by atoms with Crippen molar-refractivity contribution in [1.29, 1.82) is 0 Å². The molecule has 5 heteroatoms. The van der Waals surface area contributed by atoms with Crippen molar-refractivity contribution in [1.82, 2.24) is 4.09 Å². The van der Waals surface area contributed by atoms with Crippen molar-refractivity contribution in [2.45, 2.75) is 52.0 Å². The summed E-state index contributed by atoms with van der Waals surface area (Å²) >= 11 is 0.221. The summed E-state index contributed by atoms with van der Waals surface area (Å²) in [6.07, 6.45) is 7.41. The first kappa shape index (κ1) is 12.8. The molecule has 0 saturated heterocycles. The maximum atomic E-state index is 11.5. The first-order chi connectivity index (χ1) is 8.31. The number of rotatable bonds is 3. The Labute approximate surface area is 108 Å². The molecule has 1 aliphatic carbocycles. The third-order valence-electron chi connectivity index (χ3n) is 3.03. The third kappa shape index (κ3) is 3.39. The molecule has 1 aromatic rings. The molecule has 1 aromatic heterocycles. The van der Waals surface area contributed by atoms with Crippen molar-refractivity contribution >= 4 is 20.7 Å². The summed E-state index contributed by atoms with van der Waals surface area (Å²) in [7, 11) is 0. The monoisotopic (exact) mass is 303 g/mol. The number of aromatic nitrogens is 2. The van der Waals surface area contributed by atoms with Crippen LogP contribution in [-0.2, 0) is 28.9 Å². The normalized spacial score (nSPS) is 15.8. The van der Waals surface area contributed by atoms with E-state index in [9.17, 15) is 4.79 Å². The Morgan fingerprint density at radius 2 is 2.12 bits per heavy atom. The van der Waals surface area contributed by atoms with E-state index in [1.54, 1.807) is 0 Å². The summed E-state index contributed by atoms with van der Waals surface area (Å²) in [5, 5.41) is 0. The molecule has 0 saturated carbocycles. The molecule has 0 radical (unpaired) electrons. The number of hydrogen-bond donors (Lipinski definition) is 0. The molecule has 0 bridgehead atoms. The molecule has 1 aliphatic rings. The molecule has 0 spiro atoms. The van der Waals surface area contributed by atoms with Crippen LogP contribution in [0.1, 0.15) is 42.7 Å². The summed E-state index contributed by atoms with van der Waals surface area (Å²) in [4.78, 5) is 11.5. The van der Waals surface area contributed by atoms with Crippen molar-refractivity contribution < 1.29 is 14.2 Å². The molecular weight excluding hydrogens is 283 g/mol. The summed E-state index contributed by atoms with van der Waals surface area (Å²) in [5.41, 5.74) is 1.32. The number of aryl methyl sites for hydroxylation is 1. The number of fused-ring (bicyclic) bond motifs is 1. The Morgan fingerprint density at radius 3 is 2.88 bits per heavy atom. The molecule has 17 heavy (non-hydrogen) atoms. The molecule has 0 atom stereocenters. The zero-order valence-electron chi connectivity index (χ0n) is 10.3. The Hall–Kier alpha value is -0.671. The van der Waals surface area contributed by atoms with Crippen LogP contribution in [0.2, 0.25) is 0 Å². The molecule has 94 valence electrons. The predicted octanol–water partition coefficient (Wildman–Crippen LogP) is 0.648. The van der Waals surface area contributed by atoms with Gasteiger partial charge in [0.15, 0.2) is 0 Å². The van der Waals surface area contributed by atoms with Crippen LogP contribution >= 0.6 is 0 Å². The number of carbonyl (C=O) groups is 1. The van der Waals surface area contributed by atoms with E-state index >= 15 is 0 Å². The third-order valence-corrected chi connectivity index (χ3v) is 5.00. The van der Waals surface area contributed by atoms with E-state index in [1.165, 1.54) is 42.2 Å². The van der Waals surface area contributed by atoms with Crippen LogP contribution < -0.4 is 4.68 Å².